The van der Waals surface area contributed by atoms with E-state index < -0.39 is 0 Å². The fraction of sp³-hybridized carbons (Fsp3) is 0.714. The minimum Gasteiger partial charge on any atom is -0.444 e. The Balaban J connectivity index is 1.96. The maximum absolute atomic E-state index is 12.3. The predicted molar refractivity (Wildman–Crippen MR) is 72.3 cm³/mol. The fourth-order valence-electron chi connectivity index (χ4n) is 2.79. The smallest absolute Gasteiger partial charge is 0.224 e. The number of aromatic nitrogens is 1. The van der Waals surface area contributed by atoms with Crippen LogP contribution in [0.5, 0.6) is 0 Å². The summed E-state index contributed by atoms with van der Waals surface area (Å²) in [4.78, 5) is 16.5. The lowest BCUT2D eigenvalue weighted by Crippen LogP contribution is -2.40. The van der Waals surface area contributed by atoms with Crippen molar-refractivity contribution in [3.8, 4) is 0 Å². The third-order valence-corrected chi connectivity index (χ3v) is 3.92. The highest BCUT2D eigenvalue weighted by Gasteiger charge is 2.31. The molecule has 0 radical (unpaired) electrons. The number of nitrogens with one attached hydrogen (secondary N) is 1. The summed E-state index contributed by atoms with van der Waals surface area (Å²) in [5.74, 6) is 1.75. The average Bonchev–Trinajstić information content (AvgIpc) is 2.85. The van der Waals surface area contributed by atoms with E-state index in [1.807, 2.05) is 13.8 Å². The van der Waals surface area contributed by atoms with Crippen molar-refractivity contribution in [3.05, 3.63) is 17.8 Å². The number of oxazole rings is 1. The summed E-state index contributed by atoms with van der Waals surface area (Å²) < 4.78 is 5.44. The first-order valence-corrected chi connectivity index (χ1v) is 7.04. The monoisotopic (exact) mass is 265 g/mol. The molecule has 5 heteroatoms. The minimum absolute atomic E-state index is 0.0391. The summed E-state index contributed by atoms with van der Waals surface area (Å²) >= 11 is 0. The average molecular weight is 265 g/mol. The fourth-order valence-corrected chi connectivity index (χ4v) is 2.79. The van der Waals surface area contributed by atoms with Crippen molar-refractivity contribution in [2.45, 2.75) is 45.6 Å². The zero-order valence-electron chi connectivity index (χ0n) is 11.7. The van der Waals surface area contributed by atoms with Gasteiger partial charge in [0, 0.05) is 5.92 Å². The number of carbonyl (C=O) groups excluding carboxylic acids is 1. The topological polar surface area (TPSA) is 81.2 Å². The van der Waals surface area contributed by atoms with Gasteiger partial charge in [-0.25, -0.2) is 4.98 Å². The van der Waals surface area contributed by atoms with Crippen LogP contribution in [-0.4, -0.2) is 17.4 Å². The van der Waals surface area contributed by atoms with Gasteiger partial charge in [-0.2, -0.15) is 0 Å². The Hall–Kier alpha value is -1.36. The van der Waals surface area contributed by atoms with Crippen LogP contribution in [-0.2, 0) is 4.79 Å². The van der Waals surface area contributed by atoms with E-state index in [4.69, 9.17) is 10.2 Å². The van der Waals surface area contributed by atoms with Crippen molar-refractivity contribution in [1.82, 2.24) is 10.3 Å². The van der Waals surface area contributed by atoms with E-state index in [0.717, 1.165) is 25.0 Å². The molecular weight excluding hydrogens is 242 g/mol. The number of nitrogens with zero attached hydrogens (tertiary/aromatic N) is 1. The van der Waals surface area contributed by atoms with Crippen molar-refractivity contribution in [2.24, 2.45) is 17.6 Å². The maximum atomic E-state index is 12.3. The van der Waals surface area contributed by atoms with Crippen molar-refractivity contribution < 1.29 is 9.21 Å². The molecule has 5 nitrogen and oxygen atoms in total. The van der Waals surface area contributed by atoms with Gasteiger partial charge in [-0.15, -0.1) is 0 Å². The second kappa shape index (κ2) is 6.19. The van der Waals surface area contributed by atoms with Crippen molar-refractivity contribution in [3.63, 3.8) is 0 Å². The molecule has 1 aliphatic rings. The van der Waals surface area contributed by atoms with Crippen LogP contribution >= 0.6 is 0 Å². The molecule has 2 rings (SSSR count). The summed E-state index contributed by atoms with van der Waals surface area (Å²) in [6.07, 6.45) is 5.95. The first-order valence-electron chi connectivity index (χ1n) is 7.04. The number of amides is 1. The SMILES string of the molecule is Cc1cnc(C(C)NC(=O)C2CCCCC2CN)o1. The van der Waals surface area contributed by atoms with Crippen molar-refractivity contribution in [2.75, 3.05) is 6.54 Å². The molecule has 1 fully saturated rings. The lowest BCUT2D eigenvalue weighted by molar-refractivity contribution is -0.128. The Morgan fingerprint density at radius 2 is 2.32 bits per heavy atom. The van der Waals surface area contributed by atoms with Gasteiger partial charge in [-0.3, -0.25) is 4.79 Å². The Morgan fingerprint density at radius 1 is 1.58 bits per heavy atom. The van der Waals surface area contributed by atoms with Gasteiger partial charge < -0.3 is 15.5 Å². The van der Waals surface area contributed by atoms with Gasteiger partial charge in [0.15, 0.2) is 0 Å². The van der Waals surface area contributed by atoms with Gasteiger partial charge in [-0.1, -0.05) is 12.8 Å². The molecular formula is C14H23N3O2. The summed E-state index contributed by atoms with van der Waals surface area (Å²) in [5.41, 5.74) is 5.77. The molecule has 1 saturated carbocycles. The molecule has 3 atom stereocenters. The maximum Gasteiger partial charge on any atom is 0.224 e. The molecule has 3 N–H and O–H groups in total. The van der Waals surface area contributed by atoms with Crippen LogP contribution in [0, 0.1) is 18.8 Å². The van der Waals surface area contributed by atoms with Gasteiger partial charge in [0.1, 0.15) is 11.8 Å². The molecule has 0 aromatic carbocycles. The Kier molecular flexibility index (Phi) is 4.58. The number of nitrogens with two attached hydrogens (primary N) is 1. The van der Waals surface area contributed by atoms with Crippen LogP contribution in [0.2, 0.25) is 0 Å². The zero-order valence-corrected chi connectivity index (χ0v) is 11.7. The minimum atomic E-state index is -0.193. The molecule has 3 unspecified atom stereocenters. The largest absolute Gasteiger partial charge is 0.444 e. The van der Waals surface area contributed by atoms with Crippen LogP contribution in [0.1, 0.15) is 50.3 Å². The first kappa shape index (κ1) is 14.1. The van der Waals surface area contributed by atoms with E-state index in [9.17, 15) is 4.79 Å². The van der Waals surface area contributed by atoms with E-state index in [0.29, 0.717) is 18.4 Å². The van der Waals surface area contributed by atoms with Gasteiger partial charge in [0.2, 0.25) is 11.8 Å². The molecule has 0 saturated heterocycles. The second-order valence-electron chi connectivity index (χ2n) is 5.43. The molecule has 1 aromatic heterocycles. The number of rotatable bonds is 4. The molecule has 0 bridgehead atoms. The van der Waals surface area contributed by atoms with Gasteiger partial charge in [0.05, 0.1) is 6.20 Å². The number of carbonyl (C=O) groups is 1. The number of hydrogen-bond acceptors (Lipinski definition) is 4. The van der Waals surface area contributed by atoms with E-state index in [2.05, 4.69) is 10.3 Å². The van der Waals surface area contributed by atoms with Crippen molar-refractivity contribution in [1.29, 1.82) is 0 Å². The Morgan fingerprint density at radius 3 is 2.95 bits per heavy atom. The molecule has 1 aliphatic carbocycles. The number of hydrogen-bond donors (Lipinski definition) is 2. The van der Waals surface area contributed by atoms with Crippen LogP contribution in [0.15, 0.2) is 10.6 Å². The Bertz CT molecular complexity index is 430. The second-order valence-corrected chi connectivity index (χ2v) is 5.43. The van der Waals surface area contributed by atoms with Crippen LogP contribution < -0.4 is 11.1 Å². The summed E-state index contributed by atoms with van der Waals surface area (Å²) in [6, 6.07) is -0.193. The third kappa shape index (κ3) is 3.35. The molecule has 19 heavy (non-hydrogen) atoms. The van der Waals surface area contributed by atoms with E-state index >= 15 is 0 Å². The molecule has 0 aliphatic heterocycles. The van der Waals surface area contributed by atoms with Gasteiger partial charge in [-0.05, 0) is 39.2 Å². The van der Waals surface area contributed by atoms with E-state index in [1.54, 1.807) is 6.20 Å². The first-order chi connectivity index (χ1) is 9.11. The van der Waals surface area contributed by atoms with Crippen LogP contribution in [0.25, 0.3) is 0 Å². The van der Waals surface area contributed by atoms with Crippen LogP contribution in [0.3, 0.4) is 0 Å². The summed E-state index contributed by atoms with van der Waals surface area (Å²) in [5, 5.41) is 2.99. The molecule has 0 spiro atoms. The van der Waals surface area contributed by atoms with Gasteiger partial charge >= 0.3 is 0 Å². The van der Waals surface area contributed by atoms with E-state index in [-0.39, 0.29) is 17.9 Å². The predicted octanol–water partition coefficient (Wildman–Crippen LogP) is 1.93. The Labute approximate surface area is 114 Å². The lowest BCUT2D eigenvalue weighted by Gasteiger charge is -2.30. The zero-order chi connectivity index (χ0) is 13.8. The normalized spacial score (nSPS) is 25.0. The molecule has 1 heterocycles. The lowest BCUT2D eigenvalue weighted by atomic mass is 9.78. The molecule has 106 valence electrons. The molecule has 1 amide bonds. The van der Waals surface area contributed by atoms with Crippen LogP contribution in [0.4, 0.5) is 0 Å². The summed E-state index contributed by atoms with van der Waals surface area (Å²) in [6.45, 7) is 4.32. The third-order valence-electron chi connectivity index (χ3n) is 3.92. The van der Waals surface area contributed by atoms with Crippen molar-refractivity contribution >= 4 is 5.91 Å². The quantitative estimate of drug-likeness (QED) is 0.871. The highest BCUT2D eigenvalue weighted by Crippen LogP contribution is 2.30. The number of aryl methyl sites for hydroxylation is 1. The molecule has 1 aromatic rings. The summed E-state index contributed by atoms with van der Waals surface area (Å²) in [7, 11) is 0. The highest BCUT2D eigenvalue weighted by atomic mass is 16.4. The van der Waals surface area contributed by atoms with E-state index in [1.165, 1.54) is 6.42 Å². The highest BCUT2D eigenvalue weighted by molar-refractivity contribution is 5.79. The van der Waals surface area contributed by atoms with Gasteiger partial charge in [0.25, 0.3) is 0 Å². The standard InChI is InChI=1S/C14H23N3O2/c1-9-8-16-14(19-9)10(2)17-13(18)12-6-4-3-5-11(12)7-15/h8,10-12H,3-7,15H2,1-2H3,(H,17,18).